The molecule has 1 amide bonds. The summed E-state index contributed by atoms with van der Waals surface area (Å²) in [4.78, 5) is 14.8. The molecule has 2 aromatic carbocycles. The number of halogens is 2. The van der Waals surface area contributed by atoms with Gasteiger partial charge in [0, 0.05) is 18.8 Å². The quantitative estimate of drug-likeness (QED) is 0.664. The van der Waals surface area contributed by atoms with Gasteiger partial charge in [0.2, 0.25) is 0 Å². The number of carbonyl (C=O) groups excluding carboxylic acids is 1. The van der Waals surface area contributed by atoms with Crippen LogP contribution in [-0.2, 0) is 6.42 Å². The normalized spacial score (nSPS) is 16.7. The van der Waals surface area contributed by atoms with Crippen molar-refractivity contribution in [3.63, 3.8) is 0 Å². The van der Waals surface area contributed by atoms with Crippen molar-refractivity contribution in [2.24, 2.45) is 0 Å². The van der Waals surface area contributed by atoms with Gasteiger partial charge in [0.05, 0.1) is 10.7 Å². The Morgan fingerprint density at radius 1 is 1.19 bits per heavy atom. The van der Waals surface area contributed by atoms with E-state index in [4.69, 9.17) is 11.6 Å². The lowest BCUT2D eigenvalue weighted by molar-refractivity contribution is 0.0730. The van der Waals surface area contributed by atoms with Gasteiger partial charge in [-0.05, 0) is 55.2 Å². The van der Waals surface area contributed by atoms with Gasteiger partial charge in [-0.2, -0.15) is 5.10 Å². The average Bonchev–Trinajstić information content (AvgIpc) is 3.31. The molecular formula is C21H19ClFN3O. The third kappa shape index (κ3) is 3.74. The summed E-state index contributed by atoms with van der Waals surface area (Å²) >= 11 is 6.21. The lowest BCUT2D eigenvalue weighted by Gasteiger charge is -2.24. The molecule has 0 radical (unpaired) electrons. The Morgan fingerprint density at radius 2 is 2.04 bits per heavy atom. The number of para-hydroxylation sites is 1. The highest BCUT2D eigenvalue weighted by Crippen LogP contribution is 2.24. The van der Waals surface area contributed by atoms with Crippen LogP contribution in [-0.4, -0.2) is 33.2 Å². The monoisotopic (exact) mass is 383 g/mol. The van der Waals surface area contributed by atoms with E-state index in [0.29, 0.717) is 23.7 Å². The number of hydrogen-bond acceptors (Lipinski definition) is 2. The molecule has 1 aliphatic heterocycles. The molecule has 0 spiro atoms. The number of benzene rings is 2. The Balaban J connectivity index is 1.53. The van der Waals surface area contributed by atoms with Crippen molar-refractivity contribution in [3.8, 4) is 5.69 Å². The smallest absolute Gasteiger partial charge is 0.274 e. The Bertz CT molecular complexity index is 971. The van der Waals surface area contributed by atoms with Crippen LogP contribution in [0, 0.1) is 5.82 Å². The largest absolute Gasteiger partial charge is 0.334 e. The van der Waals surface area contributed by atoms with Gasteiger partial charge in [0.1, 0.15) is 5.82 Å². The third-order valence-corrected chi connectivity index (χ3v) is 5.23. The second-order valence-electron chi connectivity index (χ2n) is 6.73. The highest BCUT2D eigenvalue weighted by atomic mass is 35.5. The highest BCUT2D eigenvalue weighted by Gasteiger charge is 2.30. The van der Waals surface area contributed by atoms with Crippen molar-refractivity contribution < 1.29 is 9.18 Å². The van der Waals surface area contributed by atoms with Crippen LogP contribution in [0.3, 0.4) is 0 Å². The minimum atomic E-state index is -0.248. The number of amides is 1. The first kappa shape index (κ1) is 17.7. The van der Waals surface area contributed by atoms with E-state index >= 15 is 0 Å². The van der Waals surface area contributed by atoms with Crippen LogP contribution >= 0.6 is 11.6 Å². The topological polar surface area (TPSA) is 38.1 Å². The number of rotatable bonds is 4. The molecule has 4 nitrogen and oxygen atoms in total. The molecule has 6 heteroatoms. The van der Waals surface area contributed by atoms with Crippen molar-refractivity contribution in [1.29, 1.82) is 0 Å². The molecule has 4 rings (SSSR count). The molecule has 0 saturated carbocycles. The maximum absolute atomic E-state index is 13.5. The van der Waals surface area contributed by atoms with Gasteiger partial charge >= 0.3 is 0 Å². The summed E-state index contributed by atoms with van der Waals surface area (Å²) in [5.41, 5.74) is 2.03. The minimum Gasteiger partial charge on any atom is -0.334 e. The summed E-state index contributed by atoms with van der Waals surface area (Å²) in [7, 11) is 0. The first-order chi connectivity index (χ1) is 13.1. The zero-order chi connectivity index (χ0) is 18.8. The molecule has 27 heavy (non-hydrogen) atoms. The van der Waals surface area contributed by atoms with Crippen LogP contribution in [0.2, 0.25) is 5.02 Å². The van der Waals surface area contributed by atoms with Gasteiger partial charge in [-0.15, -0.1) is 0 Å². The molecule has 1 atom stereocenters. The van der Waals surface area contributed by atoms with Gasteiger partial charge in [-0.3, -0.25) is 4.79 Å². The summed E-state index contributed by atoms with van der Waals surface area (Å²) in [6.45, 7) is 0.692. The van der Waals surface area contributed by atoms with E-state index in [1.165, 1.54) is 12.1 Å². The number of nitrogens with zero attached hydrogens (tertiary/aromatic N) is 3. The first-order valence-corrected chi connectivity index (χ1v) is 9.35. The number of aromatic nitrogens is 2. The van der Waals surface area contributed by atoms with Crippen molar-refractivity contribution in [1.82, 2.24) is 14.7 Å². The fourth-order valence-electron chi connectivity index (χ4n) is 3.61. The zero-order valence-electron chi connectivity index (χ0n) is 14.7. The molecule has 0 aliphatic carbocycles. The Kier molecular flexibility index (Phi) is 4.94. The molecule has 1 unspecified atom stereocenters. The Morgan fingerprint density at radius 3 is 2.85 bits per heavy atom. The standard InChI is InChI=1S/C21H19ClFN3O/c22-18-8-1-2-9-20(18)26-12-10-19(24-26)21(27)25-11-4-7-17(25)14-15-5-3-6-16(23)13-15/h1-3,5-6,8-10,12-13,17H,4,7,11,14H2. The second kappa shape index (κ2) is 7.53. The van der Waals surface area contributed by atoms with Crippen LogP contribution in [0.1, 0.15) is 28.9 Å². The van der Waals surface area contributed by atoms with Crippen molar-refractivity contribution in [3.05, 3.63) is 82.9 Å². The maximum Gasteiger partial charge on any atom is 0.274 e. The molecule has 1 saturated heterocycles. The van der Waals surface area contributed by atoms with Crippen LogP contribution in [0.4, 0.5) is 4.39 Å². The number of hydrogen-bond donors (Lipinski definition) is 0. The van der Waals surface area contributed by atoms with E-state index in [1.807, 2.05) is 29.2 Å². The maximum atomic E-state index is 13.5. The lowest BCUT2D eigenvalue weighted by atomic mass is 10.0. The van der Waals surface area contributed by atoms with Crippen LogP contribution in [0.25, 0.3) is 5.69 Å². The van der Waals surface area contributed by atoms with E-state index in [2.05, 4.69) is 5.10 Å². The average molecular weight is 384 g/mol. The van der Waals surface area contributed by atoms with Gasteiger partial charge in [0.25, 0.3) is 5.91 Å². The van der Waals surface area contributed by atoms with E-state index in [1.54, 1.807) is 29.1 Å². The molecule has 138 valence electrons. The molecule has 2 heterocycles. The van der Waals surface area contributed by atoms with Crippen LogP contribution < -0.4 is 0 Å². The van der Waals surface area contributed by atoms with Gasteiger partial charge in [0.15, 0.2) is 5.69 Å². The minimum absolute atomic E-state index is 0.0600. The molecule has 0 N–H and O–H groups in total. The Labute approximate surface area is 162 Å². The molecule has 1 aliphatic rings. The lowest BCUT2D eigenvalue weighted by Crippen LogP contribution is -2.37. The SMILES string of the molecule is O=C(c1ccn(-c2ccccc2Cl)n1)N1CCCC1Cc1cccc(F)c1. The van der Waals surface area contributed by atoms with E-state index in [-0.39, 0.29) is 17.8 Å². The Hall–Kier alpha value is -2.66. The summed E-state index contributed by atoms with van der Waals surface area (Å²) < 4.78 is 15.1. The molecule has 1 aromatic heterocycles. The van der Waals surface area contributed by atoms with E-state index < -0.39 is 0 Å². The zero-order valence-corrected chi connectivity index (χ0v) is 15.4. The van der Waals surface area contributed by atoms with Crippen molar-refractivity contribution >= 4 is 17.5 Å². The van der Waals surface area contributed by atoms with Crippen molar-refractivity contribution in [2.45, 2.75) is 25.3 Å². The first-order valence-electron chi connectivity index (χ1n) is 8.98. The molecule has 0 bridgehead atoms. The summed E-state index contributed by atoms with van der Waals surface area (Å²) in [6.07, 6.45) is 4.24. The van der Waals surface area contributed by atoms with Gasteiger partial charge in [-0.1, -0.05) is 35.9 Å². The highest BCUT2D eigenvalue weighted by molar-refractivity contribution is 6.32. The molecule has 3 aromatic rings. The van der Waals surface area contributed by atoms with Gasteiger partial charge < -0.3 is 4.90 Å². The summed E-state index contributed by atoms with van der Waals surface area (Å²) in [5, 5.41) is 5.00. The molecule has 1 fully saturated rings. The second-order valence-corrected chi connectivity index (χ2v) is 7.13. The van der Waals surface area contributed by atoms with E-state index in [9.17, 15) is 9.18 Å². The fraction of sp³-hybridized carbons (Fsp3) is 0.238. The van der Waals surface area contributed by atoms with Crippen molar-refractivity contribution in [2.75, 3.05) is 6.54 Å². The number of likely N-dealkylation sites (tertiary alicyclic amines) is 1. The fourth-order valence-corrected chi connectivity index (χ4v) is 3.83. The summed E-state index contributed by atoms with van der Waals surface area (Å²) in [5.74, 6) is -0.346. The van der Waals surface area contributed by atoms with Crippen LogP contribution in [0.5, 0.6) is 0 Å². The van der Waals surface area contributed by atoms with E-state index in [0.717, 1.165) is 24.1 Å². The van der Waals surface area contributed by atoms with Gasteiger partial charge in [-0.25, -0.2) is 9.07 Å². The third-order valence-electron chi connectivity index (χ3n) is 4.91. The predicted molar refractivity (Wildman–Crippen MR) is 103 cm³/mol. The summed E-state index contributed by atoms with van der Waals surface area (Å²) in [6, 6.07) is 15.7. The predicted octanol–water partition coefficient (Wildman–Crippen LogP) is 4.51. The number of carbonyl (C=O) groups is 1. The molecular weight excluding hydrogens is 365 g/mol. The van der Waals surface area contributed by atoms with Crippen LogP contribution in [0.15, 0.2) is 60.8 Å².